The summed E-state index contributed by atoms with van der Waals surface area (Å²) in [5.41, 5.74) is 6.43. The molecule has 0 bridgehead atoms. The molecule has 1 aromatic carbocycles. The van der Waals surface area contributed by atoms with Gasteiger partial charge in [0.15, 0.2) is 0 Å². The third-order valence-corrected chi connectivity index (χ3v) is 6.14. The minimum atomic E-state index is -3.42. The number of hydrogen-bond acceptors (Lipinski definition) is 3. The predicted molar refractivity (Wildman–Crippen MR) is 80.7 cm³/mol. The van der Waals surface area contributed by atoms with E-state index >= 15 is 0 Å². The summed E-state index contributed by atoms with van der Waals surface area (Å²) >= 11 is 0. The van der Waals surface area contributed by atoms with Crippen LogP contribution in [0.15, 0.2) is 29.2 Å². The Morgan fingerprint density at radius 3 is 2.75 bits per heavy atom. The van der Waals surface area contributed by atoms with Crippen LogP contribution in [0.25, 0.3) is 0 Å². The second-order valence-corrected chi connectivity index (χ2v) is 7.80. The van der Waals surface area contributed by atoms with Crippen molar-refractivity contribution < 1.29 is 8.42 Å². The lowest BCUT2D eigenvalue weighted by Crippen LogP contribution is -2.39. The van der Waals surface area contributed by atoms with Crippen LogP contribution in [-0.4, -0.2) is 25.8 Å². The molecule has 0 heterocycles. The van der Waals surface area contributed by atoms with E-state index in [0.717, 1.165) is 24.8 Å². The van der Waals surface area contributed by atoms with Crippen molar-refractivity contribution in [2.24, 2.45) is 11.7 Å². The minimum Gasteiger partial charge on any atom is -0.326 e. The quantitative estimate of drug-likeness (QED) is 0.927. The molecule has 2 rings (SSSR count). The van der Waals surface area contributed by atoms with Crippen LogP contribution in [0, 0.1) is 5.92 Å². The van der Waals surface area contributed by atoms with Gasteiger partial charge in [-0.1, -0.05) is 31.9 Å². The third-order valence-electron chi connectivity index (χ3n) is 4.23. The van der Waals surface area contributed by atoms with Crippen molar-refractivity contribution in [3.8, 4) is 0 Å². The van der Waals surface area contributed by atoms with Gasteiger partial charge in [-0.3, -0.25) is 0 Å². The van der Waals surface area contributed by atoms with Crippen molar-refractivity contribution in [3.63, 3.8) is 0 Å². The number of benzene rings is 1. The first-order valence-corrected chi connectivity index (χ1v) is 8.66. The van der Waals surface area contributed by atoms with E-state index < -0.39 is 10.0 Å². The Labute approximate surface area is 122 Å². The Kier molecular flexibility index (Phi) is 4.83. The molecule has 2 atom stereocenters. The molecule has 1 aliphatic carbocycles. The minimum absolute atomic E-state index is 0.116. The average Bonchev–Trinajstić information content (AvgIpc) is 2.46. The molecule has 112 valence electrons. The van der Waals surface area contributed by atoms with Crippen LogP contribution in [0.3, 0.4) is 0 Å². The number of nitrogens with two attached hydrogens (primary N) is 1. The first-order chi connectivity index (χ1) is 9.45. The summed E-state index contributed by atoms with van der Waals surface area (Å²) in [7, 11) is -1.72. The first-order valence-electron chi connectivity index (χ1n) is 7.22. The molecule has 0 aromatic heterocycles. The van der Waals surface area contributed by atoms with Gasteiger partial charge in [0.1, 0.15) is 0 Å². The van der Waals surface area contributed by atoms with Crippen molar-refractivity contribution >= 4 is 10.0 Å². The molecule has 0 saturated heterocycles. The van der Waals surface area contributed by atoms with E-state index in [1.54, 1.807) is 29.6 Å². The highest BCUT2D eigenvalue weighted by molar-refractivity contribution is 7.89. The largest absolute Gasteiger partial charge is 0.326 e. The Hall–Kier alpha value is -0.910. The van der Waals surface area contributed by atoms with Crippen molar-refractivity contribution in [2.75, 3.05) is 7.05 Å². The molecule has 2 N–H and O–H groups in total. The smallest absolute Gasteiger partial charge is 0.243 e. The highest BCUT2D eigenvalue weighted by Crippen LogP contribution is 2.29. The van der Waals surface area contributed by atoms with E-state index in [2.05, 4.69) is 6.92 Å². The molecule has 1 saturated carbocycles. The molecule has 1 aliphatic rings. The van der Waals surface area contributed by atoms with Crippen LogP contribution in [0.5, 0.6) is 0 Å². The van der Waals surface area contributed by atoms with Gasteiger partial charge in [-0.25, -0.2) is 8.42 Å². The zero-order valence-electron chi connectivity index (χ0n) is 12.2. The monoisotopic (exact) mass is 296 g/mol. The summed E-state index contributed by atoms with van der Waals surface area (Å²) < 4.78 is 26.9. The Morgan fingerprint density at radius 2 is 2.10 bits per heavy atom. The molecule has 0 aliphatic heterocycles. The van der Waals surface area contributed by atoms with E-state index in [1.807, 2.05) is 6.07 Å². The lowest BCUT2D eigenvalue weighted by atomic mass is 9.87. The van der Waals surface area contributed by atoms with Crippen LogP contribution in [0.1, 0.15) is 38.2 Å². The maximum absolute atomic E-state index is 12.7. The fourth-order valence-electron chi connectivity index (χ4n) is 2.93. The second-order valence-electron chi connectivity index (χ2n) is 5.80. The molecule has 20 heavy (non-hydrogen) atoms. The highest BCUT2D eigenvalue weighted by atomic mass is 32.2. The lowest BCUT2D eigenvalue weighted by Gasteiger charge is -2.33. The number of rotatable bonds is 4. The van der Waals surface area contributed by atoms with Crippen molar-refractivity contribution in [2.45, 2.75) is 50.1 Å². The van der Waals surface area contributed by atoms with Gasteiger partial charge < -0.3 is 5.73 Å². The fraction of sp³-hybridized carbons (Fsp3) is 0.600. The van der Waals surface area contributed by atoms with Crippen LogP contribution in [-0.2, 0) is 16.6 Å². The second kappa shape index (κ2) is 6.24. The molecule has 2 unspecified atom stereocenters. The summed E-state index contributed by atoms with van der Waals surface area (Å²) in [5, 5.41) is 0. The van der Waals surface area contributed by atoms with E-state index in [9.17, 15) is 8.42 Å². The zero-order chi connectivity index (χ0) is 14.8. The summed E-state index contributed by atoms with van der Waals surface area (Å²) in [6.45, 7) is 2.55. The molecule has 4 nitrogen and oxygen atoms in total. The van der Waals surface area contributed by atoms with E-state index in [4.69, 9.17) is 5.73 Å². The molecule has 5 heteroatoms. The van der Waals surface area contributed by atoms with Crippen LogP contribution in [0.4, 0.5) is 0 Å². The van der Waals surface area contributed by atoms with Crippen molar-refractivity contribution in [1.29, 1.82) is 0 Å². The summed E-state index contributed by atoms with van der Waals surface area (Å²) in [6.07, 6.45) is 4.21. The van der Waals surface area contributed by atoms with Crippen molar-refractivity contribution in [1.82, 2.24) is 4.31 Å². The van der Waals surface area contributed by atoms with Crippen LogP contribution < -0.4 is 5.73 Å². The highest BCUT2D eigenvalue weighted by Gasteiger charge is 2.30. The standard InChI is InChI=1S/C15H24N2O2S/c1-12-5-3-7-14(9-12)17(2)20(18,19)15-8-4-6-13(10-15)11-16/h4,6,8,10,12,14H,3,5,7,9,11,16H2,1-2H3. The zero-order valence-corrected chi connectivity index (χ0v) is 13.1. The maximum atomic E-state index is 12.7. The normalized spacial score (nSPS) is 24.0. The summed E-state index contributed by atoms with van der Waals surface area (Å²) in [5.74, 6) is 0.599. The van der Waals surface area contributed by atoms with Gasteiger partial charge >= 0.3 is 0 Å². The van der Waals surface area contributed by atoms with E-state index in [-0.39, 0.29) is 6.04 Å². The third kappa shape index (κ3) is 3.22. The van der Waals surface area contributed by atoms with Gasteiger partial charge in [-0.05, 0) is 36.5 Å². The molecular formula is C15H24N2O2S. The van der Waals surface area contributed by atoms with Gasteiger partial charge in [0.25, 0.3) is 0 Å². The lowest BCUT2D eigenvalue weighted by molar-refractivity contribution is 0.239. The van der Waals surface area contributed by atoms with Crippen LogP contribution >= 0.6 is 0 Å². The maximum Gasteiger partial charge on any atom is 0.243 e. The van der Waals surface area contributed by atoms with E-state index in [1.165, 1.54) is 6.42 Å². The molecule has 0 radical (unpaired) electrons. The average molecular weight is 296 g/mol. The van der Waals surface area contributed by atoms with Crippen molar-refractivity contribution in [3.05, 3.63) is 29.8 Å². The molecule has 1 aromatic rings. The van der Waals surface area contributed by atoms with Gasteiger partial charge in [-0.2, -0.15) is 4.31 Å². The SMILES string of the molecule is CC1CCCC(N(C)S(=O)(=O)c2cccc(CN)c2)C1. The predicted octanol–water partition coefficient (Wildman–Crippen LogP) is 2.34. The Balaban J connectivity index is 2.24. The summed E-state index contributed by atoms with van der Waals surface area (Å²) in [6, 6.07) is 7.05. The molecular weight excluding hydrogens is 272 g/mol. The molecule has 0 amide bonds. The Morgan fingerprint density at radius 1 is 1.35 bits per heavy atom. The molecule has 0 spiro atoms. The van der Waals surface area contributed by atoms with Gasteiger partial charge in [-0.15, -0.1) is 0 Å². The fourth-order valence-corrected chi connectivity index (χ4v) is 4.40. The topological polar surface area (TPSA) is 63.4 Å². The van der Waals surface area contributed by atoms with Crippen LogP contribution in [0.2, 0.25) is 0 Å². The van der Waals surface area contributed by atoms with Gasteiger partial charge in [0.05, 0.1) is 4.90 Å². The van der Waals surface area contributed by atoms with E-state index in [0.29, 0.717) is 17.4 Å². The van der Waals surface area contributed by atoms with Gasteiger partial charge in [0, 0.05) is 19.6 Å². The number of hydrogen-bond donors (Lipinski definition) is 1. The first kappa shape index (κ1) is 15.5. The molecule has 1 fully saturated rings. The number of nitrogens with zero attached hydrogens (tertiary/aromatic N) is 1. The number of sulfonamides is 1. The summed E-state index contributed by atoms with van der Waals surface area (Å²) in [4.78, 5) is 0.348. The Bertz CT molecular complexity index is 557. The van der Waals surface area contributed by atoms with Gasteiger partial charge in [0.2, 0.25) is 10.0 Å².